The second-order valence-electron chi connectivity index (χ2n) is 6.53. The van der Waals surface area contributed by atoms with E-state index in [1.807, 2.05) is 30.3 Å². The van der Waals surface area contributed by atoms with E-state index < -0.39 is 23.6 Å². The van der Waals surface area contributed by atoms with Crippen LogP contribution in [0.25, 0.3) is 0 Å². The molecule has 1 saturated heterocycles. The first-order chi connectivity index (χ1) is 12.0. The number of carbonyl (C=O) groups is 2. The Hall–Kier alpha value is -2.08. The maximum absolute atomic E-state index is 12.3. The second kappa shape index (κ2) is 8.85. The SMILES string of the molecule is CCOC(=O)C1(C)CCN(C(=O)OCCc2ccccc2)CCC1O. The van der Waals surface area contributed by atoms with Crippen molar-refractivity contribution in [2.75, 3.05) is 26.3 Å². The van der Waals surface area contributed by atoms with Crippen LogP contribution in [-0.2, 0) is 20.7 Å². The van der Waals surface area contributed by atoms with Gasteiger partial charge in [-0.3, -0.25) is 4.79 Å². The first-order valence-electron chi connectivity index (χ1n) is 8.78. The molecule has 0 spiro atoms. The Morgan fingerprint density at radius 2 is 1.96 bits per heavy atom. The van der Waals surface area contributed by atoms with Crippen molar-refractivity contribution in [3.05, 3.63) is 35.9 Å². The number of carbonyl (C=O) groups excluding carboxylic acids is 2. The maximum Gasteiger partial charge on any atom is 0.409 e. The molecule has 6 nitrogen and oxygen atoms in total. The molecule has 1 fully saturated rings. The summed E-state index contributed by atoms with van der Waals surface area (Å²) in [7, 11) is 0. The summed E-state index contributed by atoms with van der Waals surface area (Å²) in [6, 6.07) is 9.81. The lowest BCUT2D eigenvalue weighted by atomic mass is 9.80. The van der Waals surface area contributed by atoms with Gasteiger partial charge in [0.1, 0.15) is 0 Å². The van der Waals surface area contributed by atoms with Gasteiger partial charge in [-0.1, -0.05) is 30.3 Å². The summed E-state index contributed by atoms with van der Waals surface area (Å²) >= 11 is 0. The minimum Gasteiger partial charge on any atom is -0.465 e. The highest BCUT2D eigenvalue weighted by Crippen LogP contribution is 2.33. The van der Waals surface area contributed by atoms with Crippen LogP contribution in [0.15, 0.2) is 30.3 Å². The number of likely N-dealkylation sites (tertiary alicyclic amines) is 1. The number of hydrogen-bond acceptors (Lipinski definition) is 5. The van der Waals surface area contributed by atoms with Crippen molar-refractivity contribution in [1.29, 1.82) is 0 Å². The Balaban J connectivity index is 1.86. The second-order valence-corrected chi connectivity index (χ2v) is 6.53. The summed E-state index contributed by atoms with van der Waals surface area (Å²) in [6.07, 6.45) is 0.0814. The quantitative estimate of drug-likeness (QED) is 0.826. The standard InChI is InChI=1S/C19H27NO5/c1-3-24-17(22)19(2)11-13-20(12-9-16(19)21)18(23)25-14-10-15-7-5-4-6-8-15/h4-8,16,21H,3,9-14H2,1-2H3. The van der Waals surface area contributed by atoms with E-state index in [1.54, 1.807) is 18.7 Å². The molecule has 1 aliphatic rings. The lowest BCUT2D eigenvalue weighted by molar-refractivity contribution is -0.161. The number of benzene rings is 1. The number of hydrogen-bond donors (Lipinski definition) is 1. The Morgan fingerprint density at radius 3 is 2.64 bits per heavy atom. The molecule has 0 bridgehead atoms. The van der Waals surface area contributed by atoms with Gasteiger partial charge in [-0.05, 0) is 32.3 Å². The molecule has 2 atom stereocenters. The highest BCUT2D eigenvalue weighted by molar-refractivity contribution is 5.77. The van der Waals surface area contributed by atoms with E-state index in [-0.39, 0.29) is 6.61 Å². The van der Waals surface area contributed by atoms with Crippen LogP contribution < -0.4 is 0 Å². The zero-order valence-electron chi connectivity index (χ0n) is 14.9. The number of rotatable bonds is 5. The van der Waals surface area contributed by atoms with Crippen LogP contribution in [0.2, 0.25) is 0 Å². The molecular formula is C19H27NO5. The predicted molar refractivity (Wildman–Crippen MR) is 93.0 cm³/mol. The van der Waals surface area contributed by atoms with Crippen molar-refractivity contribution in [3.8, 4) is 0 Å². The number of nitrogens with zero attached hydrogens (tertiary/aromatic N) is 1. The van der Waals surface area contributed by atoms with Gasteiger partial charge >= 0.3 is 12.1 Å². The van der Waals surface area contributed by atoms with Gasteiger partial charge in [-0.15, -0.1) is 0 Å². The average Bonchev–Trinajstić information content (AvgIpc) is 2.76. The Kier molecular flexibility index (Phi) is 6.82. The molecule has 1 aromatic rings. The van der Waals surface area contributed by atoms with Gasteiger partial charge in [-0.25, -0.2) is 4.79 Å². The van der Waals surface area contributed by atoms with Gasteiger partial charge in [0.25, 0.3) is 0 Å². The smallest absolute Gasteiger partial charge is 0.409 e. The maximum atomic E-state index is 12.3. The van der Waals surface area contributed by atoms with Crippen molar-refractivity contribution in [1.82, 2.24) is 4.90 Å². The van der Waals surface area contributed by atoms with Crippen LogP contribution in [0.3, 0.4) is 0 Å². The van der Waals surface area contributed by atoms with Crippen molar-refractivity contribution in [3.63, 3.8) is 0 Å². The Morgan fingerprint density at radius 1 is 1.24 bits per heavy atom. The van der Waals surface area contributed by atoms with Gasteiger partial charge in [0.15, 0.2) is 0 Å². The Bertz CT molecular complexity index is 576. The fourth-order valence-electron chi connectivity index (χ4n) is 2.95. The zero-order chi connectivity index (χ0) is 18.3. The molecule has 2 rings (SSSR count). The highest BCUT2D eigenvalue weighted by Gasteiger charge is 2.44. The molecule has 0 aliphatic carbocycles. The molecule has 1 amide bonds. The molecule has 25 heavy (non-hydrogen) atoms. The topological polar surface area (TPSA) is 76.1 Å². The lowest BCUT2D eigenvalue weighted by Gasteiger charge is -2.29. The molecule has 1 aromatic carbocycles. The normalized spacial score (nSPS) is 23.6. The first kappa shape index (κ1) is 19.2. The van der Waals surface area contributed by atoms with Crippen molar-refractivity contribution >= 4 is 12.1 Å². The van der Waals surface area contributed by atoms with E-state index in [0.717, 1.165) is 5.56 Å². The summed E-state index contributed by atoms with van der Waals surface area (Å²) < 4.78 is 10.4. The Labute approximate surface area is 148 Å². The van der Waals surface area contributed by atoms with Crippen molar-refractivity contribution in [2.45, 2.75) is 39.2 Å². The molecule has 2 unspecified atom stereocenters. The van der Waals surface area contributed by atoms with E-state index in [4.69, 9.17) is 9.47 Å². The highest BCUT2D eigenvalue weighted by atomic mass is 16.6. The van der Waals surface area contributed by atoms with Crippen LogP contribution in [-0.4, -0.2) is 54.5 Å². The number of aliphatic hydroxyl groups is 1. The molecular weight excluding hydrogens is 322 g/mol. The molecule has 1 aliphatic heterocycles. The number of ether oxygens (including phenoxy) is 2. The number of amides is 1. The summed E-state index contributed by atoms with van der Waals surface area (Å²) in [5, 5.41) is 10.3. The molecule has 6 heteroatoms. The fourth-order valence-corrected chi connectivity index (χ4v) is 2.95. The van der Waals surface area contributed by atoms with Crippen LogP contribution in [0.5, 0.6) is 0 Å². The van der Waals surface area contributed by atoms with E-state index in [9.17, 15) is 14.7 Å². The van der Waals surface area contributed by atoms with Gasteiger partial charge in [0, 0.05) is 19.5 Å². The minimum absolute atomic E-state index is 0.270. The summed E-state index contributed by atoms with van der Waals surface area (Å²) in [6.45, 7) is 4.72. The summed E-state index contributed by atoms with van der Waals surface area (Å²) in [5.74, 6) is -0.415. The van der Waals surface area contributed by atoms with Crippen molar-refractivity contribution in [2.24, 2.45) is 5.41 Å². The molecule has 0 aromatic heterocycles. The summed E-state index contributed by atoms with van der Waals surface area (Å²) in [5.41, 5.74) is 0.117. The third-order valence-corrected chi connectivity index (χ3v) is 4.77. The average molecular weight is 349 g/mol. The fraction of sp³-hybridized carbons (Fsp3) is 0.579. The van der Waals surface area contributed by atoms with Gasteiger partial charge in [0.05, 0.1) is 24.7 Å². The van der Waals surface area contributed by atoms with Crippen LogP contribution in [0, 0.1) is 5.41 Å². The van der Waals surface area contributed by atoms with Crippen LogP contribution in [0.1, 0.15) is 32.3 Å². The van der Waals surface area contributed by atoms with Gasteiger partial charge in [0.2, 0.25) is 0 Å². The number of aliphatic hydroxyl groups excluding tert-OH is 1. The number of esters is 1. The van der Waals surface area contributed by atoms with Gasteiger partial charge in [-0.2, -0.15) is 0 Å². The zero-order valence-corrected chi connectivity index (χ0v) is 14.9. The van der Waals surface area contributed by atoms with Crippen LogP contribution in [0.4, 0.5) is 4.79 Å². The van der Waals surface area contributed by atoms with Gasteiger partial charge < -0.3 is 19.5 Å². The van der Waals surface area contributed by atoms with E-state index in [2.05, 4.69) is 0 Å². The van der Waals surface area contributed by atoms with Crippen molar-refractivity contribution < 1.29 is 24.2 Å². The first-order valence-corrected chi connectivity index (χ1v) is 8.78. The molecule has 0 radical (unpaired) electrons. The van der Waals surface area contributed by atoms with E-state index >= 15 is 0 Å². The third kappa shape index (κ3) is 4.95. The van der Waals surface area contributed by atoms with E-state index in [1.165, 1.54) is 0 Å². The monoisotopic (exact) mass is 349 g/mol. The summed E-state index contributed by atoms with van der Waals surface area (Å²) in [4.78, 5) is 26.0. The molecule has 0 saturated carbocycles. The minimum atomic E-state index is -0.991. The molecule has 1 heterocycles. The molecule has 1 N–H and O–H groups in total. The largest absolute Gasteiger partial charge is 0.465 e. The third-order valence-electron chi connectivity index (χ3n) is 4.77. The predicted octanol–water partition coefficient (Wildman–Crippen LogP) is 2.39. The van der Waals surface area contributed by atoms with E-state index in [0.29, 0.717) is 39.0 Å². The molecule has 138 valence electrons. The lowest BCUT2D eigenvalue weighted by Crippen LogP contribution is -2.41. The van der Waals surface area contributed by atoms with Crippen LogP contribution >= 0.6 is 0 Å².